The molecule has 0 atom stereocenters. The molecule has 0 aliphatic heterocycles. The van der Waals surface area contributed by atoms with E-state index in [1.807, 2.05) is 0 Å². The standard InChI is InChI=1S/C19H31N7/c1-6-18-24-23-14-26(18)11-10-21-19(20-7-2)22-13-16-8-9-17(25(4)5)12-15(16)3/h8-9,12,14H,6-7,10-11,13H2,1-5H3,(H2,20,21,22). The molecule has 2 rings (SSSR count). The highest BCUT2D eigenvalue weighted by atomic mass is 15.3. The lowest BCUT2D eigenvalue weighted by molar-refractivity contribution is 0.632. The maximum absolute atomic E-state index is 4.72. The van der Waals surface area contributed by atoms with Crippen LogP contribution in [-0.4, -0.2) is 47.9 Å². The summed E-state index contributed by atoms with van der Waals surface area (Å²) in [7, 11) is 4.11. The summed E-state index contributed by atoms with van der Waals surface area (Å²) in [6, 6.07) is 6.49. The van der Waals surface area contributed by atoms with E-state index in [1.54, 1.807) is 6.33 Å². The first kappa shape index (κ1) is 19.8. The number of anilines is 1. The zero-order chi connectivity index (χ0) is 18.9. The molecular formula is C19H31N7. The number of aryl methyl sites for hydroxylation is 2. The van der Waals surface area contributed by atoms with Crippen LogP contribution in [0.4, 0.5) is 5.69 Å². The van der Waals surface area contributed by atoms with Crippen LogP contribution in [0.3, 0.4) is 0 Å². The summed E-state index contributed by atoms with van der Waals surface area (Å²) in [5, 5.41) is 14.8. The van der Waals surface area contributed by atoms with Gasteiger partial charge >= 0.3 is 0 Å². The molecule has 1 aromatic carbocycles. The Labute approximate surface area is 156 Å². The second kappa shape index (κ2) is 9.79. The topological polar surface area (TPSA) is 70.4 Å². The molecule has 7 nitrogen and oxygen atoms in total. The summed E-state index contributed by atoms with van der Waals surface area (Å²) in [6.45, 7) is 9.37. The van der Waals surface area contributed by atoms with Gasteiger partial charge in [0.25, 0.3) is 0 Å². The fraction of sp³-hybridized carbons (Fsp3) is 0.526. The normalized spacial score (nSPS) is 11.5. The van der Waals surface area contributed by atoms with Crippen LogP contribution in [0, 0.1) is 6.92 Å². The molecule has 1 aromatic heterocycles. The molecule has 0 aliphatic carbocycles. The van der Waals surface area contributed by atoms with Crippen LogP contribution in [0.15, 0.2) is 29.5 Å². The Kier molecular flexibility index (Phi) is 7.44. The third-order valence-corrected chi connectivity index (χ3v) is 4.25. The van der Waals surface area contributed by atoms with Crippen molar-refractivity contribution in [3.05, 3.63) is 41.5 Å². The molecule has 1 heterocycles. The summed E-state index contributed by atoms with van der Waals surface area (Å²) < 4.78 is 2.07. The molecule has 0 radical (unpaired) electrons. The van der Waals surface area contributed by atoms with E-state index in [-0.39, 0.29) is 0 Å². The number of aromatic nitrogens is 3. The summed E-state index contributed by atoms with van der Waals surface area (Å²) in [6.07, 6.45) is 2.66. The molecule has 0 bridgehead atoms. The third kappa shape index (κ3) is 5.47. The van der Waals surface area contributed by atoms with Crippen LogP contribution in [-0.2, 0) is 19.5 Å². The smallest absolute Gasteiger partial charge is 0.191 e. The molecular weight excluding hydrogens is 326 g/mol. The van der Waals surface area contributed by atoms with E-state index in [2.05, 4.69) is 83.4 Å². The van der Waals surface area contributed by atoms with Crippen molar-refractivity contribution < 1.29 is 0 Å². The van der Waals surface area contributed by atoms with Gasteiger partial charge in [-0.15, -0.1) is 10.2 Å². The molecule has 142 valence electrons. The highest BCUT2D eigenvalue weighted by molar-refractivity contribution is 5.79. The Balaban J connectivity index is 1.95. The van der Waals surface area contributed by atoms with Gasteiger partial charge < -0.3 is 20.1 Å². The van der Waals surface area contributed by atoms with Crippen molar-refractivity contribution in [3.63, 3.8) is 0 Å². The van der Waals surface area contributed by atoms with Gasteiger partial charge in [0.1, 0.15) is 12.2 Å². The van der Waals surface area contributed by atoms with Crippen molar-refractivity contribution in [1.82, 2.24) is 25.4 Å². The van der Waals surface area contributed by atoms with Crippen LogP contribution >= 0.6 is 0 Å². The molecule has 2 N–H and O–H groups in total. The van der Waals surface area contributed by atoms with Gasteiger partial charge in [-0.3, -0.25) is 0 Å². The second-order valence-electron chi connectivity index (χ2n) is 6.42. The van der Waals surface area contributed by atoms with Crippen molar-refractivity contribution in [2.24, 2.45) is 4.99 Å². The quantitative estimate of drug-likeness (QED) is 0.558. The van der Waals surface area contributed by atoms with E-state index in [1.165, 1.54) is 16.8 Å². The van der Waals surface area contributed by atoms with Gasteiger partial charge in [0.15, 0.2) is 5.96 Å². The molecule has 0 fully saturated rings. The van der Waals surface area contributed by atoms with E-state index in [0.29, 0.717) is 6.54 Å². The number of hydrogen-bond donors (Lipinski definition) is 2. The predicted octanol–water partition coefficient (Wildman–Crippen LogP) is 1.97. The molecule has 0 aliphatic rings. The van der Waals surface area contributed by atoms with Gasteiger partial charge in [-0.25, -0.2) is 4.99 Å². The first-order chi connectivity index (χ1) is 12.5. The fourth-order valence-corrected chi connectivity index (χ4v) is 2.68. The SMILES string of the molecule is CCNC(=NCc1ccc(N(C)C)cc1C)NCCn1cnnc1CC. The molecule has 0 saturated heterocycles. The second-order valence-corrected chi connectivity index (χ2v) is 6.42. The Morgan fingerprint density at radius 3 is 2.69 bits per heavy atom. The van der Waals surface area contributed by atoms with Crippen LogP contribution in [0.5, 0.6) is 0 Å². The van der Waals surface area contributed by atoms with E-state index in [4.69, 9.17) is 4.99 Å². The fourth-order valence-electron chi connectivity index (χ4n) is 2.68. The summed E-state index contributed by atoms with van der Waals surface area (Å²) in [5.74, 6) is 1.83. The van der Waals surface area contributed by atoms with Crippen LogP contribution in [0.1, 0.15) is 30.8 Å². The Morgan fingerprint density at radius 2 is 2.04 bits per heavy atom. The maximum Gasteiger partial charge on any atom is 0.191 e. The van der Waals surface area contributed by atoms with Gasteiger partial charge in [-0.05, 0) is 37.1 Å². The zero-order valence-corrected chi connectivity index (χ0v) is 16.6. The highest BCUT2D eigenvalue weighted by Crippen LogP contribution is 2.17. The molecule has 0 spiro atoms. The number of guanidine groups is 1. The number of aliphatic imine (C=N–C) groups is 1. The van der Waals surface area contributed by atoms with Crippen molar-refractivity contribution in [1.29, 1.82) is 0 Å². The van der Waals surface area contributed by atoms with Crippen LogP contribution < -0.4 is 15.5 Å². The molecule has 26 heavy (non-hydrogen) atoms. The zero-order valence-electron chi connectivity index (χ0n) is 16.6. The first-order valence-electron chi connectivity index (χ1n) is 9.20. The lowest BCUT2D eigenvalue weighted by atomic mass is 10.1. The van der Waals surface area contributed by atoms with Gasteiger partial charge in [0.2, 0.25) is 0 Å². The van der Waals surface area contributed by atoms with Crippen LogP contribution in [0.2, 0.25) is 0 Å². The third-order valence-electron chi connectivity index (χ3n) is 4.25. The minimum absolute atomic E-state index is 0.654. The Bertz CT molecular complexity index is 718. The van der Waals surface area contributed by atoms with Crippen molar-refractivity contribution in [3.8, 4) is 0 Å². The number of nitrogens with zero attached hydrogens (tertiary/aromatic N) is 5. The van der Waals surface area contributed by atoms with Gasteiger partial charge in [-0.2, -0.15) is 0 Å². The van der Waals surface area contributed by atoms with E-state index in [9.17, 15) is 0 Å². The minimum Gasteiger partial charge on any atom is -0.378 e. The largest absolute Gasteiger partial charge is 0.378 e. The maximum atomic E-state index is 4.72. The Morgan fingerprint density at radius 1 is 1.23 bits per heavy atom. The molecule has 7 heteroatoms. The molecule has 2 aromatic rings. The summed E-state index contributed by atoms with van der Waals surface area (Å²) in [4.78, 5) is 6.83. The molecule has 0 amide bonds. The van der Waals surface area contributed by atoms with Crippen molar-refractivity contribution >= 4 is 11.6 Å². The predicted molar refractivity (Wildman–Crippen MR) is 108 cm³/mol. The molecule has 0 saturated carbocycles. The van der Waals surface area contributed by atoms with Crippen molar-refractivity contribution in [2.45, 2.75) is 40.3 Å². The van der Waals surface area contributed by atoms with Gasteiger partial charge in [-0.1, -0.05) is 13.0 Å². The van der Waals surface area contributed by atoms with Gasteiger partial charge in [0.05, 0.1) is 6.54 Å². The molecule has 0 unspecified atom stereocenters. The average molecular weight is 358 g/mol. The van der Waals surface area contributed by atoms with E-state index < -0.39 is 0 Å². The average Bonchev–Trinajstić information content (AvgIpc) is 3.07. The minimum atomic E-state index is 0.654. The first-order valence-corrected chi connectivity index (χ1v) is 9.20. The number of hydrogen-bond acceptors (Lipinski definition) is 4. The lowest BCUT2D eigenvalue weighted by Gasteiger charge is -2.15. The van der Waals surface area contributed by atoms with E-state index in [0.717, 1.165) is 37.8 Å². The Hall–Kier alpha value is -2.57. The lowest BCUT2D eigenvalue weighted by Crippen LogP contribution is -2.39. The monoisotopic (exact) mass is 357 g/mol. The van der Waals surface area contributed by atoms with E-state index >= 15 is 0 Å². The van der Waals surface area contributed by atoms with Crippen molar-refractivity contribution in [2.75, 3.05) is 32.1 Å². The number of nitrogens with one attached hydrogen (secondary N) is 2. The number of rotatable bonds is 8. The number of benzene rings is 1. The summed E-state index contributed by atoms with van der Waals surface area (Å²) >= 11 is 0. The van der Waals surface area contributed by atoms with Gasteiger partial charge in [0, 0.05) is 45.8 Å². The highest BCUT2D eigenvalue weighted by Gasteiger charge is 2.04. The van der Waals surface area contributed by atoms with Crippen LogP contribution in [0.25, 0.3) is 0 Å². The summed E-state index contributed by atoms with van der Waals surface area (Å²) in [5.41, 5.74) is 3.70.